The van der Waals surface area contributed by atoms with Crippen molar-refractivity contribution in [3.8, 4) is 11.4 Å². The van der Waals surface area contributed by atoms with Crippen LogP contribution >= 0.6 is 11.3 Å². The Kier molecular flexibility index (Phi) is 5.30. The van der Waals surface area contributed by atoms with Gasteiger partial charge in [0.2, 0.25) is 0 Å². The smallest absolute Gasteiger partial charge is 0.270 e. The van der Waals surface area contributed by atoms with E-state index in [4.69, 9.17) is 0 Å². The summed E-state index contributed by atoms with van der Waals surface area (Å²) in [7, 11) is 0. The second-order valence-electron chi connectivity index (χ2n) is 6.47. The summed E-state index contributed by atoms with van der Waals surface area (Å²) >= 11 is 1.60. The van der Waals surface area contributed by atoms with Gasteiger partial charge in [-0.25, -0.2) is 9.97 Å². The first kappa shape index (κ1) is 18.8. The number of hydrogen-bond donors (Lipinski definition) is 3. The Balaban J connectivity index is 1.48. The number of pyridine rings is 1. The van der Waals surface area contributed by atoms with Crippen molar-refractivity contribution in [3.63, 3.8) is 0 Å². The Morgan fingerprint density at radius 1 is 1.14 bits per heavy atom. The van der Waals surface area contributed by atoms with Gasteiger partial charge in [-0.2, -0.15) is 5.10 Å². The van der Waals surface area contributed by atoms with Gasteiger partial charge in [-0.3, -0.25) is 14.9 Å². The number of carbonyl (C=O) groups excluding carboxylic acids is 1. The van der Waals surface area contributed by atoms with E-state index >= 15 is 0 Å². The summed E-state index contributed by atoms with van der Waals surface area (Å²) in [5.74, 6) is 1.63. The molecule has 4 aromatic heterocycles. The van der Waals surface area contributed by atoms with Crippen molar-refractivity contribution in [3.05, 3.63) is 69.9 Å². The summed E-state index contributed by atoms with van der Waals surface area (Å²) in [6.07, 6.45) is 1.61. The van der Waals surface area contributed by atoms with E-state index in [1.54, 1.807) is 29.7 Å². The van der Waals surface area contributed by atoms with Crippen LogP contribution in [0.5, 0.6) is 0 Å². The molecule has 0 atom stereocenters. The number of H-pyrrole nitrogens is 1. The van der Waals surface area contributed by atoms with Crippen molar-refractivity contribution in [2.24, 2.45) is 0 Å². The SMILES string of the molecule is Cc1cc(Nc2cc(C)[nH]n2)nc(-c2ccc(C(=O)NCc3cccs3)nc2)n1. The Morgan fingerprint density at radius 2 is 2.03 bits per heavy atom. The van der Waals surface area contributed by atoms with Crippen LogP contribution < -0.4 is 10.6 Å². The van der Waals surface area contributed by atoms with Crippen molar-refractivity contribution >= 4 is 28.9 Å². The van der Waals surface area contributed by atoms with Gasteiger partial charge in [-0.1, -0.05) is 6.07 Å². The highest BCUT2D eigenvalue weighted by molar-refractivity contribution is 7.09. The van der Waals surface area contributed by atoms with Crippen molar-refractivity contribution in [1.82, 2.24) is 30.5 Å². The zero-order valence-corrected chi connectivity index (χ0v) is 16.7. The predicted molar refractivity (Wildman–Crippen MR) is 112 cm³/mol. The van der Waals surface area contributed by atoms with E-state index < -0.39 is 0 Å². The molecule has 146 valence electrons. The number of nitrogens with zero attached hydrogens (tertiary/aromatic N) is 4. The monoisotopic (exact) mass is 405 g/mol. The van der Waals surface area contributed by atoms with E-state index in [0.29, 0.717) is 29.7 Å². The minimum absolute atomic E-state index is 0.216. The summed E-state index contributed by atoms with van der Waals surface area (Å²) in [6.45, 7) is 4.31. The highest BCUT2D eigenvalue weighted by Crippen LogP contribution is 2.20. The average molecular weight is 405 g/mol. The van der Waals surface area contributed by atoms with Crippen LogP contribution in [0, 0.1) is 13.8 Å². The molecular formula is C20H19N7OS. The second-order valence-corrected chi connectivity index (χ2v) is 7.51. The van der Waals surface area contributed by atoms with Gasteiger partial charge in [-0.15, -0.1) is 11.3 Å². The summed E-state index contributed by atoms with van der Waals surface area (Å²) < 4.78 is 0. The van der Waals surface area contributed by atoms with E-state index in [9.17, 15) is 4.79 Å². The maximum Gasteiger partial charge on any atom is 0.270 e. The molecule has 0 aliphatic carbocycles. The Hall–Kier alpha value is -3.59. The molecule has 3 N–H and O–H groups in total. The molecule has 4 aromatic rings. The lowest BCUT2D eigenvalue weighted by Crippen LogP contribution is -2.23. The maximum absolute atomic E-state index is 12.3. The lowest BCUT2D eigenvalue weighted by Gasteiger charge is -2.07. The fourth-order valence-corrected chi connectivity index (χ4v) is 3.35. The molecule has 0 aliphatic rings. The van der Waals surface area contributed by atoms with Crippen LogP contribution in [0.3, 0.4) is 0 Å². The summed E-state index contributed by atoms with van der Waals surface area (Å²) in [4.78, 5) is 26.7. The number of aryl methyl sites for hydroxylation is 2. The molecule has 0 fully saturated rings. The van der Waals surface area contributed by atoms with Gasteiger partial charge < -0.3 is 10.6 Å². The van der Waals surface area contributed by atoms with Gasteiger partial charge in [0.15, 0.2) is 11.6 Å². The van der Waals surface area contributed by atoms with Crippen LogP contribution in [0.1, 0.15) is 26.8 Å². The Labute approximate surface area is 171 Å². The molecule has 0 aliphatic heterocycles. The number of amides is 1. The molecule has 0 spiro atoms. The largest absolute Gasteiger partial charge is 0.346 e. The predicted octanol–water partition coefficient (Wildman–Crippen LogP) is 3.61. The topological polar surface area (TPSA) is 108 Å². The average Bonchev–Trinajstić information content (AvgIpc) is 3.37. The molecule has 0 aromatic carbocycles. The van der Waals surface area contributed by atoms with Crippen LogP contribution in [0.25, 0.3) is 11.4 Å². The highest BCUT2D eigenvalue weighted by atomic mass is 32.1. The number of aromatic nitrogens is 5. The number of hydrogen-bond acceptors (Lipinski definition) is 7. The zero-order valence-electron chi connectivity index (χ0n) is 15.9. The quantitative estimate of drug-likeness (QED) is 0.452. The van der Waals surface area contributed by atoms with Crippen LogP contribution in [-0.2, 0) is 6.54 Å². The first-order valence-electron chi connectivity index (χ1n) is 8.98. The third-order valence-corrected chi connectivity index (χ3v) is 4.95. The minimum atomic E-state index is -0.216. The van der Waals surface area contributed by atoms with E-state index in [1.807, 2.05) is 43.5 Å². The molecule has 0 radical (unpaired) electrons. The molecule has 0 saturated heterocycles. The lowest BCUT2D eigenvalue weighted by atomic mass is 10.2. The fraction of sp³-hybridized carbons (Fsp3) is 0.150. The van der Waals surface area contributed by atoms with E-state index in [2.05, 4.69) is 35.8 Å². The van der Waals surface area contributed by atoms with Crippen LogP contribution in [0.2, 0.25) is 0 Å². The zero-order chi connectivity index (χ0) is 20.2. The van der Waals surface area contributed by atoms with Gasteiger partial charge in [0.1, 0.15) is 11.5 Å². The third-order valence-electron chi connectivity index (χ3n) is 4.07. The molecular weight excluding hydrogens is 386 g/mol. The van der Waals surface area contributed by atoms with Crippen molar-refractivity contribution in [2.75, 3.05) is 5.32 Å². The van der Waals surface area contributed by atoms with Crippen LogP contribution in [0.4, 0.5) is 11.6 Å². The standard InChI is InChI=1S/C20H19N7OS/c1-12-8-17(24-18-9-13(2)26-27-18)25-19(23-12)14-5-6-16(21-10-14)20(28)22-11-15-4-3-7-29-15/h3-10H,11H2,1-2H3,(H,22,28)(H2,23,24,25,26,27). The fourth-order valence-electron chi connectivity index (χ4n) is 2.71. The van der Waals surface area contributed by atoms with Gasteiger partial charge in [-0.05, 0) is 37.4 Å². The number of rotatable bonds is 6. The molecule has 4 rings (SSSR count). The van der Waals surface area contributed by atoms with Crippen molar-refractivity contribution in [2.45, 2.75) is 20.4 Å². The molecule has 9 heteroatoms. The van der Waals surface area contributed by atoms with Gasteiger partial charge >= 0.3 is 0 Å². The molecule has 4 heterocycles. The molecule has 0 unspecified atom stereocenters. The van der Waals surface area contributed by atoms with Crippen LogP contribution in [0.15, 0.2) is 48.0 Å². The molecule has 0 saturated carbocycles. The second kappa shape index (κ2) is 8.19. The Morgan fingerprint density at radius 3 is 2.72 bits per heavy atom. The van der Waals surface area contributed by atoms with Crippen LogP contribution in [-0.4, -0.2) is 31.1 Å². The van der Waals surface area contributed by atoms with Crippen molar-refractivity contribution in [1.29, 1.82) is 0 Å². The normalized spacial score (nSPS) is 10.7. The summed E-state index contributed by atoms with van der Waals surface area (Å²) in [6, 6.07) is 11.1. The maximum atomic E-state index is 12.3. The van der Waals surface area contributed by atoms with E-state index in [-0.39, 0.29) is 5.91 Å². The number of carbonyl (C=O) groups is 1. The number of anilines is 2. The first-order valence-corrected chi connectivity index (χ1v) is 9.86. The lowest BCUT2D eigenvalue weighted by molar-refractivity contribution is 0.0946. The van der Waals surface area contributed by atoms with Gasteiger partial charge in [0.05, 0.1) is 6.54 Å². The summed E-state index contributed by atoms with van der Waals surface area (Å²) in [5.41, 5.74) is 2.84. The van der Waals surface area contributed by atoms with Gasteiger partial charge in [0, 0.05) is 40.2 Å². The van der Waals surface area contributed by atoms with Crippen molar-refractivity contribution < 1.29 is 4.79 Å². The molecule has 0 bridgehead atoms. The molecule has 8 nitrogen and oxygen atoms in total. The number of aromatic amines is 1. The van der Waals surface area contributed by atoms with E-state index in [0.717, 1.165) is 21.8 Å². The summed E-state index contributed by atoms with van der Waals surface area (Å²) in [5, 5.41) is 15.0. The number of thiophene rings is 1. The van der Waals surface area contributed by atoms with E-state index in [1.165, 1.54) is 0 Å². The number of nitrogens with one attached hydrogen (secondary N) is 3. The third kappa shape index (κ3) is 4.64. The Bertz CT molecular complexity index is 1120. The first-order chi connectivity index (χ1) is 14.1. The van der Waals surface area contributed by atoms with Gasteiger partial charge in [0.25, 0.3) is 5.91 Å². The molecule has 1 amide bonds. The minimum Gasteiger partial charge on any atom is -0.346 e. The highest BCUT2D eigenvalue weighted by Gasteiger charge is 2.11. The molecule has 29 heavy (non-hydrogen) atoms.